The third-order valence-corrected chi connectivity index (χ3v) is 4.39. The number of aryl methyl sites for hydroxylation is 2. The van der Waals surface area contributed by atoms with Crippen molar-refractivity contribution in [1.82, 2.24) is 19.7 Å². The van der Waals surface area contributed by atoms with Crippen molar-refractivity contribution in [2.24, 2.45) is 0 Å². The first kappa shape index (κ1) is 19.5. The van der Waals surface area contributed by atoms with Crippen LogP contribution in [0.15, 0.2) is 42.6 Å². The molecule has 2 heterocycles. The molecule has 0 spiro atoms. The van der Waals surface area contributed by atoms with Crippen molar-refractivity contribution in [1.29, 1.82) is 0 Å². The first-order chi connectivity index (χ1) is 13.6. The number of nitrogens with zero attached hydrogens (tertiary/aromatic N) is 4. The van der Waals surface area contributed by atoms with Gasteiger partial charge in [0, 0.05) is 24.6 Å². The predicted molar refractivity (Wildman–Crippen MR) is 105 cm³/mol. The number of benzene rings is 1. The Kier molecular flexibility index (Phi) is 6.37. The predicted octanol–water partition coefficient (Wildman–Crippen LogP) is 4.35. The van der Waals surface area contributed by atoms with Gasteiger partial charge < -0.3 is 9.84 Å². The molecule has 0 aliphatic carbocycles. The van der Waals surface area contributed by atoms with E-state index in [-0.39, 0.29) is 5.75 Å². The highest BCUT2D eigenvalue weighted by Gasteiger charge is 2.12. The van der Waals surface area contributed by atoms with Gasteiger partial charge in [0.25, 0.3) is 0 Å². The van der Waals surface area contributed by atoms with Crippen LogP contribution >= 0.6 is 0 Å². The van der Waals surface area contributed by atoms with E-state index in [2.05, 4.69) is 28.9 Å². The maximum atomic E-state index is 10.9. The molecule has 0 unspecified atom stereocenters. The standard InChI is InChI=1S/C21H24N4O3/c1-3-5-8-19-23-18(4-2)24-25(19)14-15-9-11-16(12-10-15)20-17(28-21(26)27)7-6-13-22-20/h6-7,9-13H,3-5,8,14H2,1-2H3,(H,26,27). The maximum absolute atomic E-state index is 10.9. The van der Waals surface area contributed by atoms with Gasteiger partial charge in [0.05, 0.1) is 6.54 Å². The number of ether oxygens (including phenoxy) is 1. The topological polar surface area (TPSA) is 90.1 Å². The average Bonchev–Trinajstić information content (AvgIpc) is 3.09. The Hall–Kier alpha value is -3.22. The van der Waals surface area contributed by atoms with Crippen molar-refractivity contribution in [3.05, 3.63) is 59.8 Å². The molecule has 3 aromatic rings. The normalized spacial score (nSPS) is 10.8. The number of rotatable bonds is 8. The molecular formula is C21H24N4O3. The molecule has 1 N–H and O–H groups in total. The van der Waals surface area contributed by atoms with E-state index in [9.17, 15) is 4.79 Å². The Morgan fingerprint density at radius 2 is 1.96 bits per heavy atom. The molecule has 0 atom stereocenters. The minimum atomic E-state index is -1.36. The summed E-state index contributed by atoms with van der Waals surface area (Å²) in [5.41, 5.74) is 2.37. The summed E-state index contributed by atoms with van der Waals surface area (Å²) < 4.78 is 6.80. The first-order valence-corrected chi connectivity index (χ1v) is 9.48. The van der Waals surface area contributed by atoms with Crippen LogP contribution in [-0.2, 0) is 19.4 Å². The zero-order valence-electron chi connectivity index (χ0n) is 16.1. The lowest BCUT2D eigenvalue weighted by atomic mass is 10.1. The molecular weight excluding hydrogens is 356 g/mol. The second-order valence-electron chi connectivity index (χ2n) is 6.47. The van der Waals surface area contributed by atoms with Gasteiger partial charge in [-0.2, -0.15) is 5.10 Å². The van der Waals surface area contributed by atoms with E-state index in [0.717, 1.165) is 48.5 Å². The number of unbranched alkanes of at least 4 members (excludes halogenated alkanes) is 1. The Balaban J connectivity index is 1.81. The molecule has 7 heteroatoms. The summed E-state index contributed by atoms with van der Waals surface area (Å²) in [7, 11) is 0. The van der Waals surface area contributed by atoms with Gasteiger partial charge in [-0.15, -0.1) is 0 Å². The smallest absolute Gasteiger partial charge is 0.449 e. The fourth-order valence-corrected chi connectivity index (χ4v) is 2.95. The minimum Gasteiger partial charge on any atom is -0.449 e. The Morgan fingerprint density at radius 3 is 2.64 bits per heavy atom. The van der Waals surface area contributed by atoms with E-state index in [4.69, 9.17) is 9.84 Å². The molecule has 0 aliphatic heterocycles. The van der Waals surface area contributed by atoms with Gasteiger partial charge in [0.1, 0.15) is 11.5 Å². The summed E-state index contributed by atoms with van der Waals surface area (Å²) in [4.78, 5) is 19.8. The fraction of sp³-hybridized carbons (Fsp3) is 0.333. The number of hydrogen-bond donors (Lipinski definition) is 1. The van der Waals surface area contributed by atoms with Gasteiger partial charge in [0.2, 0.25) is 0 Å². The molecule has 146 valence electrons. The Bertz CT molecular complexity index is 935. The summed E-state index contributed by atoms with van der Waals surface area (Å²) in [5, 5.41) is 13.5. The van der Waals surface area contributed by atoms with Crippen molar-refractivity contribution >= 4 is 6.16 Å². The van der Waals surface area contributed by atoms with E-state index in [0.29, 0.717) is 12.2 Å². The third-order valence-electron chi connectivity index (χ3n) is 4.39. The van der Waals surface area contributed by atoms with Crippen molar-refractivity contribution in [3.8, 4) is 17.0 Å². The first-order valence-electron chi connectivity index (χ1n) is 9.48. The van der Waals surface area contributed by atoms with Crippen LogP contribution in [0.3, 0.4) is 0 Å². The molecule has 1 aromatic carbocycles. The summed E-state index contributed by atoms with van der Waals surface area (Å²) in [6, 6.07) is 11.0. The molecule has 0 saturated carbocycles. The van der Waals surface area contributed by atoms with Crippen LogP contribution in [0.5, 0.6) is 5.75 Å². The Morgan fingerprint density at radius 1 is 1.18 bits per heavy atom. The summed E-state index contributed by atoms with van der Waals surface area (Å²) in [6.45, 7) is 4.87. The van der Waals surface area contributed by atoms with Crippen molar-refractivity contribution in [2.45, 2.75) is 46.1 Å². The van der Waals surface area contributed by atoms with Crippen LogP contribution < -0.4 is 4.74 Å². The zero-order chi connectivity index (χ0) is 19.9. The van der Waals surface area contributed by atoms with Gasteiger partial charge in [-0.1, -0.05) is 44.5 Å². The molecule has 0 aliphatic rings. The van der Waals surface area contributed by atoms with Crippen LogP contribution in [-0.4, -0.2) is 31.0 Å². The molecule has 0 fully saturated rings. The summed E-state index contributed by atoms with van der Waals surface area (Å²) in [5.74, 6) is 2.10. The van der Waals surface area contributed by atoms with Crippen molar-refractivity contribution in [3.63, 3.8) is 0 Å². The van der Waals surface area contributed by atoms with Gasteiger partial charge in [0.15, 0.2) is 11.6 Å². The highest BCUT2D eigenvalue weighted by atomic mass is 16.7. The average molecular weight is 380 g/mol. The van der Waals surface area contributed by atoms with E-state index in [1.54, 1.807) is 18.3 Å². The largest absolute Gasteiger partial charge is 0.511 e. The van der Waals surface area contributed by atoms with Crippen LogP contribution in [0.4, 0.5) is 4.79 Å². The molecule has 0 saturated heterocycles. The van der Waals surface area contributed by atoms with Crippen molar-refractivity contribution in [2.75, 3.05) is 0 Å². The van der Waals surface area contributed by atoms with Gasteiger partial charge in [-0.05, 0) is 24.1 Å². The minimum absolute atomic E-state index is 0.216. The second kappa shape index (κ2) is 9.12. The number of aromatic nitrogens is 4. The van der Waals surface area contributed by atoms with Crippen LogP contribution in [0.25, 0.3) is 11.3 Å². The Labute approximate surface area is 164 Å². The van der Waals surface area contributed by atoms with Gasteiger partial charge in [-0.3, -0.25) is 4.98 Å². The lowest BCUT2D eigenvalue weighted by molar-refractivity contribution is 0.144. The zero-order valence-corrected chi connectivity index (χ0v) is 16.1. The van der Waals surface area contributed by atoms with E-state index in [1.807, 2.05) is 28.9 Å². The summed E-state index contributed by atoms with van der Waals surface area (Å²) >= 11 is 0. The summed E-state index contributed by atoms with van der Waals surface area (Å²) in [6.07, 6.45) is 4.20. The molecule has 28 heavy (non-hydrogen) atoms. The lowest BCUT2D eigenvalue weighted by Crippen LogP contribution is -2.07. The van der Waals surface area contributed by atoms with Crippen LogP contribution in [0, 0.1) is 0 Å². The molecule has 3 rings (SSSR count). The highest BCUT2D eigenvalue weighted by molar-refractivity contribution is 5.71. The highest BCUT2D eigenvalue weighted by Crippen LogP contribution is 2.28. The molecule has 2 aromatic heterocycles. The monoisotopic (exact) mass is 380 g/mol. The van der Waals surface area contributed by atoms with E-state index >= 15 is 0 Å². The SMILES string of the molecule is CCCCc1nc(CC)nn1Cc1ccc(-c2ncccc2OC(=O)O)cc1. The number of hydrogen-bond acceptors (Lipinski definition) is 5. The van der Waals surface area contributed by atoms with Crippen LogP contribution in [0.2, 0.25) is 0 Å². The maximum Gasteiger partial charge on any atom is 0.511 e. The second-order valence-corrected chi connectivity index (χ2v) is 6.47. The van der Waals surface area contributed by atoms with Gasteiger partial charge in [-0.25, -0.2) is 14.5 Å². The van der Waals surface area contributed by atoms with E-state index < -0.39 is 6.16 Å². The van der Waals surface area contributed by atoms with E-state index in [1.165, 1.54) is 0 Å². The van der Waals surface area contributed by atoms with Gasteiger partial charge >= 0.3 is 6.16 Å². The van der Waals surface area contributed by atoms with Crippen LogP contribution in [0.1, 0.15) is 43.9 Å². The molecule has 7 nitrogen and oxygen atoms in total. The molecule has 0 bridgehead atoms. The molecule has 0 amide bonds. The van der Waals surface area contributed by atoms with Crippen molar-refractivity contribution < 1.29 is 14.6 Å². The molecule has 0 radical (unpaired) electrons. The number of carbonyl (C=O) groups is 1. The number of carboxylic acid groups (broad SMARTS) is 1. The number of pyridine rings is 1. The fourth-order valence-electron chi connectivity index (χ4n) is 2.95. The third kappa shape index (κ3) is 4.73. The lowest BCUT2D eigenvalue weighted by Gasteiger charge is -2.09. The quantitative estimate of drug-likeness (QED) is 0.584.